The molecule has 0 aliphatic rings. The molecule has 22 heavy (non-hydrogen) atoms. The van der Waals surface area contributed by atoms with Crippen LogP contribution in [0.15, 0.2) is 48.5 Å². The van der Waals surface area contributed by atoms with Gasteiger partial charge in [0, 0.05) is 6.54 Å². The first kappa shape index (κ1) is 16.5. The van der Waals surface area contributed by atoms with Gasteiger partial charge < -0.3 is 4.74 Å². The quantitative estimate of drug-likeness (QED) is 0.853. The van der Waals surface area contributed by atoms with Gasteiger partial charge in [-0.05, 0) is 42.2 Å². The molecule has 118 valence electrons. The minimum Gasteiger partial charge on any atom is -0.497 e. The van der Waals surface area contributed by atoms with Crippen molar-refractivity contribution in [3.05, 3.63) is 65.2 Å². The van der Waals surface area contributed by atoms with Gasteiger partial charge in [0.2, 0.25) is 10.0 Å². The summed E-state index contributed by atoms with van der Waals surface area (Å²) < 4.78 is 32.0. The largest absolute Gasteiger partial charge is 0.497 e. The van der Waals surface area contributed by atoms with Gasteiger partial charge in [-0.25, -0.2) is 13.1 Å². The van der Waals surface area contributed by atoms with E-state index in [-0.39, 0.29) is 5.75 Å². The summed E-state index contributed by atoms with van der Waals surface area (Å²) in [5.74, 6) is 0.800. The molecule has 2 aromatic rings. The second kappa shape index (κ2) is 7.42. The van der Waals surface area contributed by atoms with Crippen molar-refractivity contribution >= 4 is 10.0 Å². The summed E-state index contributed by atoms with van der Waals surface area (Å²) in [6.07, 6.45) is 0.459. The van der Waals surface area contributed by atoms with Crippen LogP contribution in [0.5, 0.6) is 5.75 Å². The lowest BCUT2D eigenvalue weighted by Gasteiger charge is -2.09. The summed E-state index contributed by atoms with van der Waals surface area (Å²) in [5.41, 5.74) is 3.02. The Morgan fingerprint density at radius 1 is 1.09 bits per heavy atom. The van der Waals surface area contributed by atoms with Crippen LogP contribution in [0.2, 0.25) is 0 Å². The van der Waals surface area contributed by atoms with Crippen molar-refractivity contribution in [2.24, 2.45) is 0 Å². The molecule has 1 N–H and O–H groups in total. The number of aryl methyl sites for hydroxylation is 2. The lowest BCUT2D eigenvalue weighted by atomic mass is 10.1. The molecule has 0 spiro atoms. The average Bonchev–Trinajstić information content (AvgIpc) is 2.53. The van der Waals surface area contributed by atoms with Gasteiger partial charge in [-0.3, -0.25) is 0 Å². The lowest BCUT2D eigenvalue weighted by molar-refractivity contribution is 0.414. The molecule has 0 aromatic heterocycles. The number of nitrogens with one attached hydrogen (secondary N) is 1. The van der Waals surface area contributed by atoms with Gasteiger partial charge >= 0.3 is 0 Å². The lowest BCUT2D eigenvalue weighted by Crippen LogP contribution is -2.27. The zero-order valence-electron chi connectivity index (χ0n) is 12.9. The minimum absolute atomic E-state index is 0.0616. The molecular weight excluding hydrogens is 298 g/mol. The molecule has 0 aliphatic heterocycles. The Morgan fingerprint density at radius 2 is 1.86 bits per heavy atom. The molecule has 4 nitrogen and oxygen atoms in total. The molecule has 0 radical (unpaired) electrons. The molecule has 0 bridgehead atoms. The van der Waals surface area contributed by atoms with Crippen LogP contribution >= 0.6 is 0 Å². The standard InChI is InChI=1S/C17H21NO3S/c1-14-6-3-4-8-16(14)13-18-22(19,20)11-10-15-7-5-9-17(12-15)21-2/h3-9,12,18H,10-11,13H2,1-2H3. The van der Waals surface area contributed by atoms with Crippen molar-refractivity contribution in [1.82, 2.24) is 4.72 Å². The van der Waals surface area contributed by atoms with E-state index in [1.807, 2.05) is 55.5 Å². The summed E-state index contributed by atoms with van der Waals surface area (Å²) in [5, 5.41) is 0. The van der Waals surface area contributed by atoms with E-state index in [9.17, 15) is 8.42 Å². The minimum atomic E-state index is -3.31. The van der Waals surface area contributed by atoms with Gasteiger partial charge in [-0.2, -0.15) is 0 Å². The van der Waals surface area contributed by atoms with Crippen LogP contribution in [0, 0.1) is 6.92 Å². The Labute approximate surface area is 132 Å². The highest BCUT2D eigenvalue weighted by Gasteiger charge is 2.11. The molecule has 0 heterocycles. The fourth-order valence-corrected chi connectivity index (χ4v) is 3.17. The van der Waals surface area contributed by atoms with E-state index >= 15 is 0 Å². The van der Waals surface area contributed by atoms with Crippen LogP contribution in [-0.4, -0.2) is 21.3 Å². The van der Waals surface area contributed by atoms with Crippen LogP contribution < -0.4 is 9.46 Å². The van der Waals surface area contributed by atoms with Crippen LogP contribution in [0.25, 0.3) is 0 Å². The topological polar surface area (TPSA) is 55.4 Å². The second-order valence-corrected chi connectivity index (χ2v) is 7.09. The maximum atomic E-state index is 12.1. The molecule has 0 saturated carbocycles. The van der Waals surface area contributed by atoms with Gasteiger partial charge in [0.1, 0.15) is 5.75 Å². The van der Waals surface area contributed by atoms with Crippen molar-refractivity contribution in [1.29, 1.82) is 0 Å². The maximum Gasteiger partial charge on any atom is 0.212 e. The second-order valence-electron chi connectivity index (χ2n) is 5.17. The summed E-state index contributed by atoms with van der Waals surface area (Å²) in [6, 6.07) is 15.2. The Morgan fingerprint density at radius 3 is 2.59 bits per heavy atom. The van der Waals surface area contributed by atoms with Crippen molar-refractivity contribution in [3.8, 4) is 5.75 Å². The van der Waals surface area contributed by atoms with Gasteiger partial charge in [-0.1, -0.05) is 36.4 Å². The predicted octanol–water partition coefficient (Wildman–Crippen LogP) is 2.67. The molecule has 0 amide bonds. The molecule has 0 atom stereocenters. The van der Waals surface area contributed by atoms with Crippen molar-refractivity contribution in [3.63, 3.8) is 0 Å². The summed E-state index contributed by atoms with van der Waals surface area (Å²) >= 11 is 0. The van der Waals surface area contributed by atoms with E-state index in [1.165, 1.54) is 0 Å². The first-order chi connectivity index (χ1) is 10.5. The zero-order valence-corrected chi connectivity index (χ0v) is 13.7. The van der Waals surface area contributed by atoms with Crippen LogP contribution in [0.3, 0.4) is 0 Å². The highest BCUT2D eigenvalue weighted by atomic mass is 32.2. The van der Waals surface area contributed by atoms with Gasteiger partial charge in [-0.15, -0.1) is 0 Å². The maximum absolute atomic E-state index is 12.1. The fourth-order valence-electron chi connectivity index (χ4n) is 2.15. The summed E-state index contributed by atoms with van der Waals surface area (Å²) in [6.45, 7) is 2.30. The molecule has 5 heteroatoms. The third kappa shape index (κ3) is 4.86. The van der Waals surface area contributed by atoms with Gasteiger partial charge in [0.15, 0.2) is 0 Å². The molecule has 0 fully saturated rings. The van der Waals surface area contributed by atoms with Crippen LogP contribution in [0.4, 0.5) is 0 Å². The monoisotopic (exact) mass is 319 g/mol. The van der Waals surface area contributed by atoms with E-state index in [0.29, 0.717) is 13.0 Å². The number of ether oxygens (including phenoxy) is 1. The molecule has 2 rings (SSSR count). The van der Waals surface area contributed by atoms with Crippen LogP contribution in [-0.2, 0) is 23.0 Å². The zero-order chi connectivity index (χ0) is 16.0. The third-order valence-corrected chi connectivity index (χ3v) is 4.86. The van der Waals surface area contributed by atoms with E-state index in [2.05, 4.69) is 4.72 Å². The Hall–Kier alpha value is -1.85. The van der Waals surface area contributed by atoms with E-state index in [1.54, 1.807) is 7.11 Å². The van der Waals surface area contributed by atoms with Crippen molar-refractivity contribution < 1.29 is 13.2 Å². The van der Waals surface area contributed by atoms with Crippen LogP contribution in [0.1, 0.15) is 16.7 Å². The number of hydrogen-bond acceptors (Lipinski definition) is 3. The number of methoxy groups -OCH3 is 1. The van der Waals surface area contributed by atoms with Crippen molar-refractivity contribution in [2.45, 2.75) is 19.9 Å². The van der Waals surface area contributed by atoms with Gasteiger partial charge in [0.25, 0.3) is 0 Å². The Balaban J connectivity index is 1.92. The normalized spacial score (nSPS) is 11.4. The number of hydrogen-bond donors (Lipinski definition) is 1. The summed E-state index contributed by atoms with van der Waals surface area (Å²) in [7, 11) is -1.71. The SMILES string of the molecule is COc1cccc(CCS(=O)(=O)NCc2ccccc2C)c1. The average molecular weight is 319 g/mol. The molecule has 0 aliphatic carbocycles. The van der Waals surface area contributed by atoms with E-state index < -0.39 is 10.0 Å². The summed E-state index contributed by atoms with van der Waals surface area (Å²) in [4.78, 5) is 0. The first-order valence-corrected chi connectivity index (χ1v) is 8.80. The molecule has 2 aromatic carbocycles. The Bertz CT molecular complexity index is 726. The highest BCUT2D eigenvalue weighted by molar-refractivity contribution is 7.89. The number of rotatable bonds is 7. The fraction of sp³-hybridized carbons (Fsp3) is 0.294. The first-order valence-electron chi connectivity index (χ1n) is 7.15. The molecular formula is C17H21NO3S. The van der Waals surface area contributed by atoms with E-state index in [4.69, 9.17) is 4.74 Å². The third-order valence-electron chi connectivity index (χ3n) is 3.54. The molecule has 0 saturated heterocycles. The number of benzene rings is 2. The Kier molecular flexibility index (Phi) is 5.57. The smallest absolute Gasteiger partial charge is 0.212 e. The highest BCUT2D eigenvalue weighted by Crippen LogP contribution is 2.13. The van der Waals surface area contributed by atoms with E-state index in [0.717, 1.165) is 22.4 Å². The molecule has 0 unspecified atom stereocenters. The van der Waals surface area contributed by atoms with Gasteiger partial charge in [0.05, 0.1) is 12.9 Å². The van der Waals surface area contributed by atoms with Crippen molar-refractivity contribution in [2.75, 3.05) is 12.9 Å². The predicted molar refractivity (Wildman–Crippen MR) is 88.5 cm³/mol. The number of sulfonamides is 1.